The molecule has 1 saturated heterocycles. The summed E-state index contributed by atoms with van der Waals surface area (Å²) in [6.45, 7) is 2.91. The first-order valence-electron chi connectivity index (χ1n) is 3.08. The van der Waals surface area contributed by atoms with E-state index >= 15 is 0 Å². The SMILES string of the molecule is C[N+]1([C]=O)CCOCC1. The van der Waals surface area contributed by atoms with Crippen LogP contribution in [0.3, 0.4) is 0 Å². The molecule has 0 aliphatic carbocycles. The highest BCUT2D eigenvalue weighted by molar-refractivity contribution is 5.38. The molecule has 1 fully saturated rings. The lowest BCUT2D eigenvalue weighted by Crippen LogP contribution is -2.50. The van der Waals surface area contributed by atoms with Gasteiger partial charge in [-0.05, 0) is 0 Å². The Kier molecular flexibility index (Phi) is 1.83. The number of hydrogen-bond donors (Lipinski definition) is 0. The lowest BCUT2D eigenvalue weighted by Gasteiger charge is -2.28. The van der Waals surface area contributed by atoms with E-state index in [-0.39, 0.29) is 0 Å². The van der Waals surface area contributed by atoms with Crippen molar-refractivity contribution in [2.45, 2.75) is 0 Å². The van der Waals surface area contributed by atoms with Crippen molar-refractivity contribution >= 4 is 6.41 Å². The second kappa shape index (κ2) is 2.45. The zero-order valence-electron chi connectivity index (χ0n) is 5.59. The molecule has 0 saturated carbocycles. The van der Waals surface area contributed by atoms with Crippen molar-refractivity contribution in [2.75, 3.05) is 33.4 Å². The highest BCUT2D eigenvalue weighted by atomic mass is 16.5. The molecule has 1 heterocycles. The number of carbonyl (C=O) groups excluding carboxylic acids is 1. The van der Waals surface area contributed by atoms with Crippen LogP contribution >= 0.6 is 0 Å². The number of hydrogen-bond acceptors (Lipinski definition) is 2. The number of ether oxygens (including phenoxy) is 1. The minimum Gasteiger partial charge on any atom is -0.370 e. The molecule has 1 rings (SSSR count). The summed E-state index contributed by atoms with van der Waals surface area (Å²) < 4.78 is 5.46. The van der Waals surface area contributed by atoms with Gasteiger partial charge in [0.05, 0.1) is 20.3 Å². The van der Waals surface area contributed by atoms with Gasteiger partial charge in [0.15, 0.2) is 0 Å². The summed E-state index contributed by atoms with van der Waals surface area (Å²) in [5, 5.41) is 0. The molecule has 1 radical (unpaired) electrons. The van der Waals surface area contributed by atoms with Gasteiger partial charge >= 0.3 is 6.41 Å². The molecule has 3 nitrogen and oxygen atoms in total. The fraction of sp³-hybridized carbons (Fsp3) is 0.833. The van der Waals surface area contributed by atoms with Crippen molar-refractivity contribution in [3.05, 3.63) is 0 Å². The summed E-state index contributed by atoms with van der Waals surface area (Å²) >= 11 is 0. The van der Waals surface area contributed by atoms with Gasteiger partial charge in [-0.15, -0.1) is 0 Å². The molecule has 0 atom stereocenters. The molecule has 1 aliphatic rings. The Morgan fingerprint density at radius 1 is 1.44 bits per heavy atom. The molecule has 0 spiro atoms. The molecular formula is C6H11NO2+. The van der Waals surface area contributed by atoms with Gasteiger partial charge in [-0.2, -0.15) is 0 Å². The predicted molar refractivity (Wildman–Crippen MR) is 32.4 cm³/mol. The molecule has 0 bridgehead atoms. The fourth-order valence-corrected chi connectivity index (χ4v) is 0.837. The van der Waals surface area contributed by atoms with Gasteiger partial charge in [-0.1, -0.05) is 0 Å². The van der Waals surface area contributed by atoms with Crippen LogP contribution in [0.5, 0.6) is 0 Å². The van der Waals surface area contributed by atoms with Crippen LogP contribution in [0.4, 0.5) is 0 Å². The quantitative estimate of drug-likeness (QED) is 0.447. The number of nitrogens with zero attached hydrogens (tertiary/aromatic N) is 1. The van der Waals surface area contributed by atoms with Crippen LogP contribution in [-0.2, 0) is 9.53 Å². The third-order valence-electron chi connectivity index (χ3n) is 1.68. The minimum absolute atomic E-state index is 0.389. The van der Waals surface area contributed by atoms with Crippen molar-refractivity contribution in [1.82, 2.24) is 0 Å². The number of amides is 1. The maximum Gasteiger partial charge on any atom is 0.442 e. The monoisotopic (exact) mass is 129 g/mol. The van der Waals surface area contributed by atoms with E-state index in [1.807, 2.05) is 13.5 Å². The van der Waals surface area contributed by atoms with Crippen molar-refractivity contribution < 1.29 is 14.0 Å². The lowest BCUT2D eigenvalue weighted by molar-refractivity contribution is -0.827. The number of morpholine rings is 1. The normalized spacial score (nSPS) is 25.4. The molecule has 0 unspecified atom stereocenters. The van der Waals surface area contributed by atoms with E-state index in [1.165, 1.54) is 0 Å². The number of likely N-dealkylation sites (N-methyl/N-ethyl adjacent to an activating group) is 1. The van der Waals surface area contributed by atoms with E-state index in [1.54, 1.807) is 0 Å². The Labute approximate surface area is 54.8 Å². The zero-order chi connectivity index (χ0) is 6.74. The van der Waals surface area contributed by atoms with Crippen LogP contribution in [0, 0.1) is 0 Å². The molecule has 0 N–H and O–H groups in total. The standard InChI is InChI=1S/C6H11NO2/c1-7(6-8)2-4-9-5-3-7/h2-5H2,1H3/q+1. The third-order valence-corrected chi connectivity index (χ3v) is 1.68. The summed E-state index contributed by atoms with van der Waals surface area (Å²) in [6.07, 6.45) is 1.99. The van der Waals surface area contributed by atoms with Crippen molar-refractivity contribution in [1.29, 1.82) is 0 Å². The van der Waals surface area contributed by atoms with Crippen molar-refractivity contribution in [2.24, 2.45) is 0 Å². The molecular weight excluding hydrogens is 118 g/mol. The second-order valence-corrected chi connectivity index (χ2v) is 2.55. The lowest BCUT2D eigenvalue weighted by atomic mass is 10.4. The molecule has 0 aromatic carbocycles. The predicted octanol–water partition coefficient (Wildman–Crippen LogP) is -0.470. The van der Waals surface area contributed by atoms with E-state index in [0.29, 0.717) is 17.7 Å². The first-order chi connectivity index (χ1) is 4.27. The van der Waals surface area contributed by atoms with Crippen LogP contribution < -0.4 is 0 Å². The van der Waals surface area contributed by atoms with E-state index in [0.717, 1.165) is 13.1 Å². The van der Waals surface area contributed by atoms with Gasteiger partial charge < -0.3 is 4.74 Å². The Balaban J connectivity index is 2.46. The summed E-state index contributed by atoms with van der Waals surface area (Å²) in [5.41, 5.74) is 0. The smallest absolute Gasteiger partial charge is 0.370 e. The van der Waals surface area contributed by atoms with Crippen molar-refractivity contribution in [3.63, 3.8) is 0 Å². The highest BCUT2D eigenvalue weighted by Gasteiger charge is 2.25. The average Bonchev–Trinajstić information content (AvgIpc) is 1.90. The second-order valence-electron chi connectivity index (χ2n) is 2.55. The largest absolute Gasteiger partial charge is 0.442 e. The van der Waals surface area contributed by atoms with Gasteiger partial charge in [0.25, 0.3) is 0 Å². The summed E-state index contributed by atoms with van der Waals surface area (Å²) in [7, 11) is 1.87. The average molecular weight is 129 g/mol. The zero-order valence-corrected chi connectivity index (χ0v) is 5.59. The molecule has 0 aromatic rings. The topological polar surface area (TPSA) is 26.3 Å². The van der Waals surface area contributed by atoms with E-state index in [9.17, 15) is 4.79 Å². The maximum atomic E-state index is 10.3. The highest BCUT2D eigenvalue weighted by Crippen LogP contribution is 2.02. The van der Waals surface area contributed by atoms with Gasteiger partial charge in [0.2, 0.25) is 0 Å². The Morgan fingerprint density at radius 3 is 2.33 bits per heavy atom. The van der Waals surface area contributed by atoms with Crippen LogP contribution in [0.2, 0.25) is 0 Å². The van der Waals surface area contributed by atoms with Gasteiger partial charge in [0.1, 0.15) is 13.1 Å². The van der Waals surface area contributed by atoms with Crippen LogP contribution in [0.1, 0.15) is 0 Å². The molecule has 1 aliphatic heterocycles. The molecule has 0 aromatic heterocycles. The third kappa shape index (κ3) is 1.50. The molecule has 51 valence electrons. The van der Waals surface area contributed by atoms with Crippen molar-refractivity contribution in [3.8, 4) is 0 Å². The molecule has 9 heavy (non-hydrogen) atoms. The Morgan fingerprint density at radius 2 is 2.00 bits per heavy atom. The molecule has 1 amide bonds. The fourth-order valence-electron chi connectivity index (χ4n) is 0.837. The Bertz CT molecular complexity index is 108. The van der Waals surface area contributed by atoms with Crippen LogP contribution in [0.25, 0.3) is 0 Å². The van der Waals surface area contributed by atoms with Gasteiger partial charge in [0, 0.05) is 0 Å². The van der Waals surface area contributed by atoms with Crippen LogP contribution in [-0.4, -0.2) is 44.2 Å². The number of quaternary nitrogens is 1. The van der Waals surface area contributed by atoms with E-state index < -0.39 is 0 Å². The first-order valence-corrected chi connectivity index (χ1v) is 3.08. The summed E-state index contributed by atoms with van der Waals surface area (Å²) in [4.78, 5) is 10.3. The summed E-state index contributed by atoms with van der Waals surface area (Å²) in [5.74, 6) is 0. The summed E-state index contributed by atoms with van der Waals surface area (Å²) in [6, 6.07) is 0. The number of rotatable bonds is 1. The minimum atomic E-state index is 0.389. The molecule has 3 heteroatoms. The first kappa shape index (κ1) is 6.71. The van der Waals surface area contributed by atoms with Gasteiger partial charge in [-0.3, -0.25) is 0 Å². The maximum absolute atomic E-state index is 10.3. The van der Waals surface area contributed by atoms with E-state index in [2.05, 4.69) is 0 Å². The van der Waals surface area contributed by atoms with Gasteiger partial charge in [-0.25, -0.2) is 9.28 Å². The van der Waals surface area contributed by atoms with E-state index in [4.69, 9.17) is 4.74 Å². The van der Waals surface area contributed by atoms with Crippen LogP contribution in [0.15, 0.2) is 0 Å². The Hall–Kier alpha value is -0.410.